The summed E-state index contributed by atoms with van der Waals surface area (Å²) >= 11 is 0. The number of nitrogens with zero attached hydrogens (tertiary/aromatic N) is 3. The van der Waals surface area contributed by atoms with Crippen molar-refractivity contribution in [1.29, 1.82) is 0 Å². The Labute approximate surface area is 185 Å². The van der Waals surface area contributed by atoms with E-state index in [9.17, 15) is 9.59 Å². The molecule has 1 saturated heterocycles. The van der Waals surface area contributed by atoms with E-state index in [-0.39, 0.29) is 24.4 Å². The average molecular weight is 423 g/mol. The number of para-hydroxylation sites is 1. The monoisotopic (exact) mass is 422 g/mol. The van der Waals surface area contributed by atoms with Gasteiger partial charge in [0.2, 0.25) is 11.8 Å². The first kappa shape index (κ1) is 22.8. The molecule has 1 aliphatic heterocycles. The zero-order chi connectivity index (χ0) is 22.4. The molecule has 1 atom stereocenters. The van der Waals surface area contributed by atoms with E-state index in [4.69, 9.17) is 0 Å². The summed E-state index contributed by atoms with van der Waals surface area (Å²) in [5.41, 5.74) is 4.39. The maximum Gasteiger partial charge on any atom is 0.243 e. The van der Waals surface area contributed by atoms with Crippen molar-refractivity contribution in [3.05, 3.63) is 59.7 Å². The molecule has 1 aliphatic rings. The Morgan fingerprint density at radius 2 is 1.77 bits per heavy atom. The summed E-state index contributed by atoms with van der Waals surface area (Å²) in [6.07, 6.45) is 0.844. The number of hydrogen-bond donors (Lipinski definition) is 1. The number of carbonyl (C=O) groups is 2. The van der Waals surface area contributed by atoms with Gasteiger partial charge in [-0.05, 0) is 49.6 Å². The van der Waals surface area contributed by atoms with Gasteiger partial charge in [0.25, 0.3) is 0 Å². The number of likely N-dealkylation sites (N-methyl/N-ethyl adjacent to an activating group) is 1. The van der Waals surface area contributed by atoms with Crippen LogP contribution in [0, 0.1) is 6.92 Å². The van der Waals surface area contributed by atoms with E-state index >= 15 is 0 Å². The van der Waals surface area contributed by atoms with Gasteiger partial charge in [0.1, 0.15) is 0 Å². The first-order chi connectivity index (χ1) is 14.9. The van der Waals surface area contributed by atoms with Crippen molar-refractivity contribution < 1.29 is 9.59 Å². The molecule has 2 amide bonds. The predicted octanol–water partition coefficient (Wildman–Crippen LogP) is 3.17. The fourth-order valence-corrected chi connectivity index (χ4v) is 4.10. The molecule has 0 spiro atoms. The first-order valence-corrected chi connectivity index (χ1v) is 11.1. The van der Waals surface area contributed by atoms with Crippen molar-refractivity contribution in [3.63, 3.8) is 0 Å². The molecule has 0 aromatic heterocycles. The third-order valence-electron chi connectivity index (χ3n) is 6.02. The Morgan fingerprint density at radius 1 is 1.06 bits per heavy atom. The van der Waals surface area contributed by atoms with Gasteiger partial charge in [0, 0.05) is 44.6 Å². The molecular weight excluding hydrogens is 388 g/mol. The summed E-state index contributed by atoms with van der Waals surface area (Å²) in [7, 11) is 1.70. The Balaban J connectivity index is 1.51. The minimum absolute atomic E-state index is 0.0251. The van der Waals surface area contributed by atoms with Gasteiger partial charge in [-0.2, -0.15) is 0 Å². The van der Waals surface area contributed by atoms with E-state index in [2.05, 4.69) is 53.2 Å². The van der Waals surface area contributed by atoms with Crippen LogP contribution >= 0.6 is 0 Å². The predicted molar refractivity (Wildman–Crippen MR) is 127 cm³/mol. The van der Waals surface area contributed by atoms with Crippen LogP contribution in [-0.2, 0) is 16.0 Å². The largest absolute Gasteiger partial charge is 0.369 e. The minimum Gasteiger partial charge on any atom is -0.369 e. The number of anilines is 2. The maximum atomic E-state index is 12.9. The SMILES string of the molecule is CCc1ccccc1NC(=O)CN(C)C(=O)[C@@H](C)N1CCN(c2cccc(C)c2)CC1. The molecular formula is C25H34N4O2. The number of rotatable bonds is 7. The van der Waals surface area contributed by atoms with E-state index in [0.29, 0.717) is 0 Å². The Hall–Kier alpha value is -2.86. The van der Waals surface area contributed by atoms with E-state index in [1.165, 1.54) is 16.2 Å². The molecule has 0 radical (unpaired) electrons. The molecule has 6 nitrogen and oxygen atoms in total. The van der Waals surface area contributed by atoms with Gasteiger partial charge < -0.3 is 15.1 Å². The second-order valence-electron chi connectivity index (χ2n) is 8.29. The molecule has 2 aromatic rings. The van der Waals surface area contributed by atoms with Gasteiger partial charge in [-0.25, -0.2) is 0 Å². The van der Waals surface area contributed by atoms with Crippen LogP contribution in [0.1, 0.15) is 25.0 Å². The fourth-order valence-electron chi connectivity index (χ4n) is 4.10. The third kappa shape index (κ3) is 5.85. The van der Waals surface area contributed by atoms with Crippen LogP contribution in [0.2, 0.25) is 0 Å². The number of aryl methyl sites for hydroxylation is 2. The topological polar surface area (TPSA) is 55.9 Å². The van der Waals surface area contributed by atoms with Crippen molar-refractivity contribution in [2.75, 3.05) is 50.0 Å². The highest BCUT2D eigenvalue weighted by atomic mass is 16.2. The van der Waals surface area contributed by atoms with Gasteiger partial charge in [-0.15, -0.1) is 0 Å². The maximum absolute atomic E-state index is 12.9. The second kappa shape index (κ2) is 10.4. The van der Waals surface area contributed by atoms with Gasteiger partial charge >= 0.3 is 0 Å². The lowest BCUT2D eigenvalue weighted by atomic mass is 10.1. The molecule has 3 rings (SSSR count). The molecule has 1 fully saturated rings. The highest BCUT2D eigenvalue weighted by molar-refractivity contribution is 5.95. The van der Waals surface area contributed by atoms with E-state index in [1.807, 2.05) is 31.2 Å². The summed E-state index contributed by atoms with van der Waals surface area (Å²) in [6, 6.07) is 16.0. The molecule has 0 saturated carbocycles. The van der Waals surface area contributed by atoms with Crippen molar-refractivity contribution in [2.45, 2.75) is 33.2 Å². The van der Waals surface area contributed by atoms with Crippen LogP contribution in [0.4, 0.5) is 11.4 Å². The number of piperazine rings is 1. The smallest absolute Gasteiger partial charge is 0.243 e. The summed E-state index contributed by atoms with van der Waals surface area (Å²) in [6.45, 7) is 9.57. The Kier molecular flexibility index (Phi) is 7.69. The number of amides is 2. The summed E-state index contributed by atoms with van der Waals surface area (Å²) in [5, 5.41) is 2.94. The van der Waals surface area contributed by atoms with Crippen molar-refractivity contribution in [2.24, 2.45) is 0 Å². The van der Waals surface area contributed by atoms with Crippen LogP contribution in [0.25, 0.3) is 0 Å². The molecule has 1 heterocycles. The molecule has 2 aromatic carbocycles. The number of carbonyl (C=O) groups excluding carboxylic acids is 2. The molecule has 166 valence electrons. The van der Waals surface area contributed by atoms with Crippen LogP contribution in [-0.4, -0.2) is 67.4 Å². The normalized spacial score (nSPS) is 15.4. The zero-order valence-corrected chi connectivity index (χ0v) is 19.1. The minimum atomic E-state index is -0.250. The average Bonchev–Trinajstić information content (AvgIpc) is 2.78. The van der Waals surface area contributed by atoms with Gasteiger partial charge in [-0.1, -0.05) is 37.3 Å². The van der Waals surface area contributed by atoms with E-state index in [1.54, 1.807) is 7.05 Å². The van der Waals surface area contributed by atoms with Gasteiger partial charge in [0.15, 0.2) is 0 Å². The van der Waals surface area contributed by atoms with E-state index < -0.39 is 0 Å². The highest BCUT2D eigenvalue weighted by Gasteiger charge is 2.28. The highest BCUT2D eigenvalue weighted by Crippen LogP contribution is 2.19. The van der Waals surface area contributed by atoms with Gasteiger partial charge in [-0.3, -0.25) is 14.5 Å². The molecule has 31 heavy (non-hydrogen) atoms. The van der Waals surface area contributed by atoms with Crippen LogP contribution in [0.5, 0.6) is 0 Å². The standard InChI is InChI=1S/C25H34N4O2/c1-5-21-10-6-7-12-23(21)26-24(30)18-27(4)25(31)20(3)28-13-15-29(16-14-28)22-11-8-9-19(2)17-22/h6-12,17,20H,5,13-16,18H2,1-4H3,(H,26,30)/t20-/m1/s1. The van der Waals surface area contributed by atoms with Crippen molar-refractivity contribution in [3.8, 4) is 0 Å². The molecule has 0 unspecified atom stereocenters. The number of nitrogens with one attached hydrogen (secondary N) is 1. The molecule has 0 aliphatic carbocycles. The van der Waals surface area contributed by atoms with Crippen LogP contribution in [0.15, 0.2) is 48.5 Å². The lowest BCUT2D eigenvalue weighted by Gasteiger charge is -2.39. The fraction of sp³-hybridized carbons (Fsp3) is 0.440. The quantitative estimate of drug-likeness (QED) is 0.745. The summed E-state index contributed by atoms with van der Waals surface area (Å²) in [4.78, 5) is 31.5. The van der Waals surface area contributed by atoms with Crippen molar-refractivity contribution >= 4 is 23.2 Å². The lowest BCUT2D eigenvalue weighted by Crippen LogP contribution is -2.54. The molecule has 6 heteroatoms. The van der Waals surface area contributed by atoms with Gasteiger partial charge in [0.05, 0.1) is 12.6 Å². The first-order valence-electron chi connectivity index (χ1n) is 11.1. The summed E-state index contributed by atoms with van der Waals surface area (Å²) in [5.74, 6) is -0.198. The van der Waals surface area contributed by atoms with Crippen LogP contribution < -0.4 is 10.2 Å². The van der Waals surface area contributed by atoms with E-state index in [0.717, 1.165) is 43.9 Å². The Morgan fingerprint density at radius 3 is 2.45 bits per heavy atom. The number of benzene rings is 2. The molecule has 1 N–H and O–H groups in total. The second-order valence-corrected chi connectivity index (χ2v) is 8.29. The zero-order valence-electron chi connectivity index (χ0n) is 19.1. The lowest BCUT2D eigenvalue weighted by molar-refractivity contribution is -0.137. The third-order valence-corrected chi connectivity index (χ3v) is 6.02. The van der Waals surface area contributed by atoms with Crippen molar-refractivity contribution in [1.82, 2.24) is 9.80 Å². The number of hydrogen-bond acceptors (Lipinski definition) is 4. The van der Waals surface area contributed by atoms with Crippen LogP contribution in [0.3, 0.4) is 0 Å². The Bertz CT molecular complexity index is 906. The summed E-state index contributed by atoms with van der Waals surface area (Å²) < 4.78 is 0. The molecule has 0 bridgehead atoms.